The van der Waals surface area contributed by atoms with Crippen LogP contribution >= 0.6 is 0 Å². The van der Waals surface area contributed by atoms with Gasteiger partial charge in [0, 0.05) is 6.04 Å². The molecule has 1 saturated carbocycles. The van der Waals surface area contributed by atoms with Gasteiger partial charge in [-0.05, 0) is 18.8 Å². The van der Waals surface area contributed by atoms with Crippen LogP contribution in [0.3, 0.4) is 0 Å². The molecule has 1 fully saturated rings. The van der Waals surface area contributed by atoms with Crippen molar-refractivity contribution in [3.63, 3.8) is 0 Å². The SMILES string of the molecule is CCC(CC)C(C#N)NC1CC1. The fourth-order valence-corrected chi connectivity index (χ4v) is 1.54. The lowest BCUT2D eigenvalue weighted by Gasteiger charge is -2.19. The van der Waals surface area contributed by atoms with Crippen molar-refractivity contribution >= 4 is 0 Å². The monoisotopic (exact) mass is 166 g/mol. The molecule has 1 aliphatic carbocycles. The van der Waals surface area contributed by atoms with E-state index >= 15 is 0 Å². The van der Waals surface area contributed by atoms with Crippen molar-refractivity contribution in [1.82, 2.24) is 5.32 Å². The zero-order valence-corrected chi connectivity index (χ0v) is 8.01. The summed E-state index contributed by atoms with van der Waals surface area (Å²) in [5.74, 6) is 0.538. The maximum Gasteiger partial charge on any atom is 0.0983 e. The smallest absolute Gasteiger partial charge is 0.0983 e. The van der Waals surface area contributed by atoms with E-state index in [2.05, 4.69) is 25.2 Å². The molecule has 2 nitrogen and oxygen atoms in total. The normalized spacial score (nSPS) is 19.2. The minimum atomic E-state index is 0.0903. The van der Waals surface area contributed by atoms with Crippen LogP contribution in [0.5, 0.6) is 0 Å². The molecule has 1 N–H and O–H groups in total. The molecule has 1 aliphatic rings. The van der Waals surface area contributed by atoms with Crippen molar-refractivity contribution in [3.05, 3.63) is 0 Å². The summed E-state index contributed by atoms with van der Waals surface area (Å²) in [5.41, 5.74) is 0. The number of hydrogen-bond donors (Lipinski definition) is 1. The van der Waals surface area contributed by atoms with Gasteiger partial charge in [0.15, 0.2) is 0 Å². The van der Waals surface area contributed by atoms with E-state index in [-0.39, 0.29) is 6.04 Å². The van der Waals surface area contributed by atoms with Crippen molar-refractivity contribution in [1.29, 1.82) is 5.26 Å². The van der Waals surface area contributed by atoms with E-state index in [0.29, 0.717) is 12.0 Å². The molecular formula is C10H18N2. The van der Waals surface area contributed by atoms with Gasteiger partial charge >= 0.3 is 0 Å². The maximum absolute atomic E-state index is 8.92. The molecule has 0 aliphatic heterocycles. The van der Waals surface area contributed by atoms with Gasteiger partial charge in [0.05, 0.1) is 12.1 Å². The molecule has 0 bridgehead atoms. The molecule has 1 unspecified atom stereocenters. The zero-order chi connectivity index (χ0) is 8.97. The predicted molar refractivity (Wildman–Crippen MR) is 49.6 cm³/mol. The van der Waals surface area contributed by atoms with E-state index < -0.39 is 0 Å². The first kappa shape index (κ1) is 9.54. The van der Waals surface area contributed by atoms with Crippen molar-refractivity contribution in [2.75, 3.05) is 0 Å². The Morgan fingerprint density at radius 3 is 2.33 bits per heavy atom. The number of nitriles is 1. The highest BCUT2D eigenvalue weighted by Gasteiger charge is 2.27. The molecule has 1 rings (SSSR count). The summed E-state index contributed by atoms with van der Waals surface area (Å²) in [6.45, 7) is 4.32. The van der Waals surface area contributed by atoms with Crippen LogP contribution < -0.4 is 5.32 Å². The van der Waals surface area contributed by atoms with Crippen LogP contribution in [0.4, 0.5) is 0 Å². The Morgan fingerprint density at radius 1 is 1.42 bits per heavy atom. The highest BCUT2D eigenvalue weighted by molar-refractivity contribution is 4.98. The molecule has 0 saturated heterocycles. The molecule has 0 aromatic heterocycles. The van der Waals surface area contributed by atoms with Crippen molar-refractivity contribution < 1.29 is 0 Å². The van der Waals surface area contributed by atoms with Gasteiger partial charge in [-0.2, -0.15) is 5.26 Å². The minimum absolute atomic E-state index is 0.0903. The summed E-state index contributed by atoms with van der Waals surface area (Å²) < 4.78 is 0. The van der Waals surface area contributed by atoms with Crippen LogP contribution in [0.25, 0.3) is 0 Å². The minimum Gasteiger partial charge on any atom is -0.299 e. The number of rotatable bonds is 5. The van der Waals surface area contributed by atoms with Crippen LogP contribution in [0.15, 0.2) is 0 Å². The molecule has 0 amide bonds. The molecule has 12 heavy (non-hydrogen) atoms. The Bertz CT molecular complexity index is 163. The van der Waals surface area contributed by atoms with E-state index in [9.17, 15) is 0 Å². The van der Waals surface area contributed by atoms with Crippen molar-refractivity contribution in [3.8, 4) is 6.07 Å². The van der Waals surface area contributed by atoms with Gasteiger partial charge in [0.1, 0.15) is 0 Å². The Morgan fingerprint density at radius 2 is 2.00 bits per heavy atom. The predicted octanol–water partition coefficient (Wildman–Crippen LogP) is 2.07. The topological polar surface area (TPSA) is 35.8 Å². The summed E-state index contributed by atoms with van der Waals surface area (Å²) in [6.07, 6.45) is 4.74. The van der Waals surface area contributed by atoms with E-state index in [0.717, 1.165) is 12.8 Å². The first-order valence-corrected chi connectivity index (χ1v) is 4.97. The lowest BCUT2D eigenvalue weighted by Crippen LogP contribution is -2.35. The molecule has 0 radical (unpaired) electrons. The highest BCUT2D eigenvalue weighted by Crippen LogP contribution is 2.22. The van der Waals surface area contributed by atoms with E-state index in [4.69, 9.17) is 5.26 Å². The first-order valence-electron chi connectivity index (χ1n) is 4.97. The van der Waals surface area contributed by atoms with Gasteiger partial charge in [-0.15, -0.1) is 0 Å². The third kappa shape index (κ3) is 2.49. The second-order valence-corrected chi connectivity index (χ2v) is 3.62. The standard InChI is InChI=1S/C10H18N2/c1-3-8(4-2)10(7-11)12-9-5-6-9/h8-10,12H,3-6H2,1-2H3. The number of nitrogens with one attached hydrogen (secondary N) is 1. The third-order valence-corrected chi connectivity index (χ3v) is 2.65. The lowest BCUT2D eigenvalue weighted by molar-refractivity contribution is 0.387. The van der Waals surface area contributed by atoms with Crippen LogP contribution in [0.1, 0.15) is 39.5 Å². The summed E-state index contributed by atoms with van der Waals surface area (Å²) in [4.78, 5) is 0. The van der Waals surface area contributed by atoms with E-state index in [1.807, 2.05) is 0 Å². The molecular weight excluding hydrogens is 148 g/mol. The Balaban J connectivity index is 2.35. The van der Waals surface area contributed by atoms with Gasteiger partial charge in [0.25, 0.3) is 0 Å². The quantitative estimate of drug-likeness (QED) is 0.678. The second-order valence-electron chi connectivity index (χ2n) is 3.62. The van der Waals surface area contributed by atoms with Crippen LogP contribution in [0, 0.1) is 17.2 Å². The maximum atomic E-state index is 8.92. The average molecular weight is 166 g/mol. The fraction of sp³-hybridized carbons (Fsp3) is 0.900. The Labute approximate surface area is 75.0 Å². The van der Waals surface area contributed by atoms with Gasteiger partial charge < -0.3 is 0 Å². The second kappa shape index (κ2) is 4.47. The third-order valence-electron chi connectivity index (χ3n) is 2.65. The molecule has 1 atom stereocenters. The average Bonchev–Trinajstić information content (AvgIpc) is 2.88. The molecule has 68 valence electrons. The summed E-state index contributed by atoms with van der Waals surface area (Å²) in [6, 6.07) is 3.10. The molecule has 2 heteroatoms. The van der Waals surface area contributed by atoms with Crippen LogP contribution in [0.2, 0.25) is 0 Å². The molecule has 0 aromatic rings. The summed E-state index contributed by atoms with van der Waals surface area (Å²) in [5, 5.41) is 12.3. The molecule has 0 aromatic carbocycles. The molecule has 0 spiro atoms. The Kier molecular flexibility index (Phi) is 3.55. The number of nitrogens with zero attached hydrogens (tertiary/aromatic N) is 1. The fourth-order valence-electron chi connectivity index (χ4n) is 1.54. The summed E-state index contributed by atoms with van der Waals surface area (Å²) >= 11 is 0. The highest BCUT2D eigenvalue weighted by atomic mass is 15.0. The Hall–Kier alpha value is -0.550. The van der Waals surface area contributed by atoms with Gasteiger partial charge in [-0.1, -0.05) is 26.7 Å². The van der Waals surface area contributed by atoms with Crippen LogP contribution in [-0.2, 0) is 0 Å². The van der Waals surface area contributed by atoms with Gasteiger partial charge in [-0.3, -0.25) is 5.32 Å². The van der Waals surface area contributed by atoms with Crippen LogP contribution in [-0.4, -0.2) is 12.1 Å². The first-order chi connectivity index (χ1) is 5.81. The van der Waals surface area contributed by atoms with Crippen molar-refractivity contribution in [2.45, 2.75) is 51.6 Å². The lowest BCUT2D eigenvalue weighted by atomic mass is 9.95. The molecule has 0 heterocycles. The van der Waals surface area contributed by atoms with E-state index in [1.54, 1.807) is 0 Å². The van der Waals surface area contributed by atoms with E-state index in [1.165, 1.54) is 12.8 Å². The largest absolute Gasteiger partial charge is 0.299 e. The van der Waals surface area contributed by atoms with Gasteiger partial charge in [0.2, 0.25) is 0 Å². The number of hydrogen-bond acceptors (Lipinski definition) is 2. The zero-order valence-electron chi connectivity index (χ0n) is 8.01. The van der Waals surface area contributed by atoms with Crippen molar-refractivity contribution in [2.24, 2.45) is 5.92 Å². The summed E-state index contributed by atoms with van der Waals surface area (Å²) in [7, 11) is 0. The van der Waals surface area contributed by atoms with Gasteiger partial charge in [-0.25, -0.2) is 0 Å².